The van der Waals surface area contributed by atoms with Crippen molar-refractivity contribution >= 4 is 16.8 Å². The molecule has 2 aromatic carbocycles. The maximum atomic E-state index is 12.7. The van der Waals surface area contributed by atoms with Crippen molar-refractivity contribution in [3.63, 3.8) is 0 Å². The Balaban J connectivity index is 1.43. The summed E-state index contributed by atoms with van der Waals surface area (Å²) in [6.45, 7) is 0.989. The summed E-state index contributed by atoms with van der Waals surface area (Å²) in [4.78, 5) is 3.49. The number of rotatable bonds is 5. The lowest BCUT2D eigenvalue weighted by molar-refractivity contribution is -0.156. The van der Waals surface area contributed by atoms with Crippen molar-refractivity contribution in [1.82, 2.24) is 20.0 Å². The van der Waals surface area contributed by atoms with Gasteiger partial charge in [-0.3, -0.25) is 0 Å². The molecule has 27 heavy (non-hydrogen) atoms. The molecule has 6 nitrogen and oxygen atoms in total. The van der Waals surface area contributed by atoms with Crippen molar-refractivity contribution in [3.05, 3.63) is 71.9 Å². The van der Waals surface area contributed by atoms with E-state index in [0.29, 0.717) is 24.5 Å². The molecule has 0 saturated carbocycles. The zero-order chi connectivity index (χ0) is 18.9. The smallest absolute Gasteiger partial charge is 0.433 e. The lowest BCUT2D eigenvalue weighted by Gasteiger charge is -2.03. The molecule has 0 saturated heterocycles. The van der Waals surface area contributed by atoms with Crippen LogP contribution >= 0.6 is 0 Å². The van der Waals surface area contributed by atoms with Gasteiger partial charge >= 0.3 is 12.1 Å². The van der Waals surface area contributed by atoms with Crippen LogP contribution in [0.5, 0.6) is 0 Å². The number of anilines is 1. The lowest BCUT2D eigenvalue weighted by Crippen LogP contribution is -2.04. The average Bonchev–Trinajstić information content (AvgIpc) is 3.27. The van der Waals surface area contributed by atoms with Crippen molar-refractivity contribution in [2.45, 2.75) is 19.3 Å². The van der Waals surface area contributed by atoms with Gasteiger partial charge in [0.2, 0.25) is 0 Å². The van der Waals surface area contributed by atoms with Crippen LogP contribution in [0.1, 0.15) is 17.1 Å². The van der Waals surface area contributed by atoms with Crippen LogP contribution in [0.15, 0.2) is 59.1 Å². The highest BCUT2D eigenvalue weighted by atomic mass is 19.4. The van der Waals surface area contributed by atoms with Crippen molar-refractivity contribution in [2.24, 2.45) is 0 Å². The van der Waals surface area contributed by atoms with Gasteiger partial charge in [-0.2, -0.15) is 13.2 Å². The number of nitrogens with one attached hydrogen (secondary N) is 1. The number of aromatic nitrogens is 4. The molecule has 0 aliphatic heterocycles. The molecule has 0 radical (unpaired) electrons. The van der Waals surface area contributed by atoms with E-state index in [1.807, 2.05) is 36.5 Å². The van der Waals surface area contributed by atoms with Crippen molar-refractivity contribution in [3.8, 4) is 0 Å². The van der Waals surface area contributed by atoms with E-state index >= 15 is 0 Å². The van der Waals surface area contributed by atoms with Crippen LogP contribution in [0.25, 0.3) is 11.1 Å². The molecular formula is C18H14F3N5O. The molecule has 2 heterocycles. The molecule has 0 aliphatic carbocycles. The Morgan fingerprint density at radius 2 is 1.89 bits per heavy atom. The highest BCUT2D eigenvalue weighted by Gasteiger charge is 2.37. The summed E-state index contributed by atoms with van der Waals surface area (Å²) < 4.78 is 44.4. The fourth-order valence-corrected chi connectivity index (χ4v) is 2.62. The maximum Gasteiger partial charge on any atom is 0.468 e. The first-order chi connectivity index (χ1) is 13.0. The lowest BCUT2D eigenvalue weighted by atomic mass is 10.2. The number of hydrogen-bond acceptors (Lipinski definition) is 5. The Kier molecular flexibility index (Phi) is 4.27. The highest BCUT2D eigenvalue weighted by Crippen LogP contribution is 2.31. The second-order valence-electron chi connectivity index (χ2n) is 5.95. The van der Waals surface area contributed by atoms with Gasteiger partial charge in [0.25, 0.3) is 0 Å². The fourth-order valence-electron chi connectivity index (χ4n) is 2.62. The second-order valence-corrected chi connectivity index (χ2v) is 5.95. The molecule has 0 unspecified atom stereocenters. The van der Waals surface area contributed by atoms with E-state index in [1.54, 1.807) is 10.7 Å². The Bertz CT molecular complexity index is 1060. The molecule has 4 rings (SSSR count). The van der Waals surface area contributed by atoms with Crippen molar-refractivity contribution < 1.29 is 17.6 Å². The fraction of sp³-hybridized carbons (Fsp3) is 0.167. The zero-order valence-corrected chi connectivity index (χ0v) is 13.9. The van der Waals surface area contributed by atoms with Gasteiger partial charge in [0, 0.05) is 5.69 Å². The minimum absolute atomic E-state index is 0.0849. The summed E-state index contributed by atoms with van der Waals surface area (Å²) >= 11 is 0. The Hall–Kier alpha value is -3.36. The van der Waals surface area contributed by atoms with Gasteiger partial charge in [-0.25, -0.2) is 9.67 Å². The number of fused-ring (bicyclic) bond motifs is 1. The van der Waals surface area contributed by atoms with Crippen LogP contribution < -0.4 is 5.32 Å². The SMILES string of the molecule is FC(F)(F)c1nc2cc(NCc3cn(Cc4ccccc4)nn3)ccc2o1. The van der Waals surface area contributed by atoms with Gasteiger partial charge in [0.05, 0.1) is 19.3 Å². The van der Waals surface area contributed by atoms with Gasteiger partial charge in [0.1, 0.15) is 11.2 Å². The van der Waals surface area contributed by atoms with Crippen LogP contribution in [0.3, 0.4) is 0 Å². The van der Waals surface area contributed by atoms with E-state index in [2.05, 4.69) is 20.6 Å². The number of oxazole rings is 1. The Morgan fingerprint density at radius 3 is 2.67 bits per heavy atom. The van der Waals surface area contributed by atoms with Crippen molar-refractivity contribution in [1.29, 1.82) is 0 Å². The molecular weight excluding hydrogens is 359 g/mol. The number of nitrogens with zero attached hydrogens (tertiary/aromatic N) is 4. The first-order valence-corrected chi connectivity index (χ1v) is 8.12. The predicted octanol–water partition coefficient (Wildman–Crippen LogP) is 4.10. The summed E-state index contributed by atoms with van der Waals surface area (Å²) in [7, 11) is 0. The molecule has 138 valence electrons. The van der Waals surface area contributed by atoms with Crippen LogP contribution in [0.2, 0.25) is 0 Å². The minimum Gasteiger partial charge on any atom is -0.433 e. The zero-order valence-electron chi connectivity index (χ0n) is 13.9. The van der Waals surface area contributed by atoms with E-state index in [4.69, 9.17) is 4.42 Å². The molecule has 0 amide bonds. The summed E-state index contributed by atoms with van der Waals surface area (Å²) in [5.41, 5.74) is 2.66. The van der Waals surface area contributed by atoms with Gasteiger partial charge < -0.3 is 9.73 Å². The predicted molar refractivity (Wildman–Crippen MR) is 91.9 cm³/mol. The summed E-state index contributed by atoms with van der Waals surface area (Å²) in [6.07, 6.45) is -2.79. The second kappa shape index (κ2) is 6.75. The quantitative estimate of drug-likeness (QED) is 0.570. The third-order valence-electron chi connectivity index (χ3n) is 3.88. The highest BCUT2D eigenvalue weighted by molar-refractivity contribution is 5.77. The Labute approximate surface area is 151 Å². The molecule has 0 atom stereocenters. The van der Waals surface area contributed by atoms with Gasteiger partial charge in [-0.05, 0) is 23.8 Å². The molecule has 9 heteroatoms. The molecule has 0 fully saturated rings. The van der Waals surface area contributed by atoms with E-state index in [-0.39, 0.29) is 11.1 Å². The number of hydrogen-bond donors (Lipinski definition) is 1. The number of alkyl halides is 3. The first-order valence-electron chi connectivity index (χ1n) is 8.12. The monoisotopic (exact) mass is 373 g/mol. The van der Waals surface area contributed by atoms with E-state index < -0.39 is 12.1 Å². The summed E-state index contributed by atoms with van der Waals surface area (Å²) in [5, 5.41) is 11.3. The van der Waals surface area contributed by atoms with Crippen LogP contribution in [0.4, 0.5) is 18.9 Å². The minimum atomic E-state index is -4.61. The van der Waals surface area contributed by atoms with Crippen molar-refractivity contribution in [2.75, 3.05) is 5.32 Å². The Morgan fingerprint density at radius 1 is 1.07 bits per heavy atom. The van der Waals surface area contributed by atoms with E-state index in [9.17, 15) is 13.2 Å². The largest absolute Gasteiger partial charge is 0.468 e. The van der Waals surface area contributed by atoms with Gasteiger partial charge in [-0.1, -0.05) is 35.5 Å². The third kappa shape index (κ3) is 3.91. The normalized spacial score (nSPS) is 11.8. The number of halogens is 3. The topological polar surface area (TPSA) is 68.8 Å². The standard InChI is InChI=1S/C18H14F3N5O/c19-18(20,21)17-23-15-8-13(6-7-16(15)27-17)22-9-14-11-26(25-24-14)10-12-4-2-1-3-5-12/h1-8,11,22H,9-10H2. The molecule has 2 aromatic heterocycles. The molecule has 0 aliphatic rings. The molecule has 1 N–H and O–H groups in total. The van der Waals surface area contributed by atoms with Gasteiger partial charge in [-0.15, -0.1) is 5.10 Å². The molecule has 0 spiro atoms. The van der Waals surface area contributed by atoms with Crippen LogP contribution in [0, 0.1) is 0 Å². The molecule has 4 aromatic rings. The average molecular weight is 373 g/mol. The number of benzene rings is 2. The van der Waals surface area contributed by atoms with E-state index in [0.717, 1.165) is 5.56 Å². The van der Waals surface area contributed by atoms with Gasteiger partial charge in [0.15, 0.2) is 5.58 Å². The maximum absolute atomic E-state index is 12.7. The molecule has 0 bridgehead atoms. The third-order valence-corrected chi connectivity index (χ3v) is 3.88. The summed E-state index contributed by atoms with van der Waals surface area (Å²) in [5.74, 6) is -1.25. The first kappa shape index (κ1) is 17.1. The summed E-state index contributed by atoms with van der Waals surface area (Å²) in [6, 6.07) is 14.4. The van der Waals surface area contributed by atoms with Crippen LogP contribution in [-0.2, 0) is 19.3 Å². The van der Waals surface area contributed by atoms with Crippen LogP contribution in [-0.4, -0.2) is 20.0 Å². The van der Waals surface area contributed by atoms with E-state index in [1.165, 1.54) is 12.1 Å².